The summed E-state index contributed by atoms with van der Waals surface area (Å²) in [7, 11) is 0. The van der Waals surface area contributed by atoms with Gasteiger partial charge in [0, 0.05) is 11.1 Å². The molecule has 2 aromatic rings. The van der Waals surface area contributed by atoms with E-state index in [1.807, 2.05) is 27.7 Å². The van der Waals surface area contributed by atoms with Gasteiger partial charge in [-0.25, -0.2) is 0 Å². The molecule has 0 aliphatic rings. The maximum Gasteiger partial charge on any atom is 0.251 e. The Morgan fingerprint density at radius 3 is 1.24 bits per heavy atom. The summed E-state index contributed by atoms with van der Waals surface area (Å²) in [6.45, 7) is 7.15. The number of benzene rings is 2. The molecule has 8 nitrogen and oxygen atoms in total. The molecule has 0 saturated carbocycles. The van der Waals surface area contributed by atoms with Gasteiger partial charge in [0.15, 0.2) is 0 Å². The third kappa shape index (κ3) is 7.75. The molecule has 0 saturated heterocycles. The van der Waals surface area contributed by atoms with E-state index in [-0.39, 0.29) is 30.3 Å². The maximum atomic E-state index is 12.7. The van der Waals surface area contributed by atoms with Crippen molar-refractivity contribution in [1.29, 1.82) is 0 Å². The van der Waals surface area contributed by atoms with Crippen molar-refractivity contribution >= 4 is 23.6 Å². The summed E-state index contributed by atoms with van der Waals surface area (Å²) in [5.74, 6) is -1.86. The summed E-state index contributed by atoms with van der Waals surface area (Å²) in [4.78, 5) is 50.2. The van der Waals surface area contributed by atoms with E-state index in [2.05, 4.69) is 21.3 Å². The Morgan fingerprint density at radius 1 is 0.606 bits per heavy atom. The van der Waals surface area contributed by atoms with Gasteiger partial charge in [0.2, 0.25) is 11.8 Å². The van der Waals surface area contributed by atoms with Crippen molar-refractivity contribution in [2.24, 2.45) is 11.8 Å². The zero-order chi connectivity index (χ0) is 24.4. The van der Waals surface area contributed by atoms with E-state index in [0.29, 0.717) is 11.1 Å². The molecule has 4 N–H and O–H groups in total. The topological polar surface area (TPSA) is 116 Å². The van der Waals surface area contributed by atoms with Gasteiger partial charge >= 0.3 is 0 Å². The number of amides is 4. The first-order valence-corrected chi connectivity index (χ1v) is 11.0. The molecule has 33 heavy (non-hydrogen) atoms. The number of hydrogen-bond donors (Lipinski definition) is 4. The molecule has 8 heteroatoms. The minimum Gasteiger partial charge on any atom is -0.340 e. The Bertz CT molecular complexity index is 868. The third-order valence-corrected chi connectivity index (χ3v) is 5.07. The molecular formula is C25H32N4O4. The van der Waals surface area contributed by atoms with Gasteiger partial charge in [-0.1, -0.05) is 64.1 Å². The van der Waals surface area contributed by atoms with E-state index in [1.54, 1.807) is 60.7 Å². The SMILES string of the molecule is CC(C)[C@H](NC(=O)c1ccccc1)C(=O)NCNC(=O)[C@@H](NC(=O)c1ccccc1)C(C)C. The average molecular weight is 453 g/mol. The number of nitrogens with one attached hydrogen (secondary N) is 4. The highest BCUT2D eigenvalue weighted by Crippen LogP contribution is 2.07. The standard InChI is InChI=1S/C25H32N4O4/c1-16(2)20(28-22(30)18-11-7-5-8-12-18)24(32)26-15-27-25(33)21(17(3)4)29-23(31)19-13-9-6-10-14-19/h5-14,16-17,20-21H,15H2,1-4H3,(H,26,32)(H,27,33)(H,28,30)(H,29,31)/t20-,21-/m0/s1. The van der Waals surface area contributed by atoms with E-state index in [9.17, 15) is 19.2 Å². The van der Waals surface area contributed by atoms with Crippen molar-refractivity contribution in [1.82, 2.24) is 21.3 Å². The predicted molar refractivity (Wildman–Crippen MR) is 126 cm³/mol. The van der Waals surface area contributed by atoms with Crippen LogP contribution in [0.15, 0.2) is 60.7 Å². The Hall–Kier alpha value is -3.68. The Morgan fingerprint density at radius 2 is 0.939 bits per heavy atom. The lowest BCUT2D eigenvalue weighted by Crippen LogP contribution is -2.54. The van der Waals surface area contributed by atoms with E-state index in [0.717, 1.165) is 0 Å². The number of rotatable bonds is 10. The molecule has 0 aliphatic heterocycles. The van der Waals surface area contributed by atoms with Crippen LogP contribution in [0, 0.1) is 11.8 Å². The van der Waals surface area contributed by atoms with Crippen molar-refractivity contribution < 1.29 is 19.2 Å². The molecule has 4 amide bonds. The van der Waals surface area contributed by atoms with Crippen LogP contribution < -0.4 is 21.3 Å². The number of carbonyl (C=O) groups is 4. The Balaban J connectivity index is 1.91. The minimum atomic E-state index is -0.770. The van der Waals surface area contributed by atoms with Gasteiger partial charge < -0.3 is 21.3 Å². The lowest BCUT2D eigenvalue weighted by atomic mass is 10.0. The van der Waals surface area contributed by atoms with Crippen LogP contribution in [-0.2, 0) is 9.59 Å². The van der Waals surface area contributed by atoms with Crippen molar-refractivity contribution in [2.45, 2.75) is 39.8 Å². The number of carbonyl (C=O) groups excluding carboxylic acids is 4. The second-order valence-corrected chi connectivity index (χ2v) is 8.38. The summed E-state index contributed by atoms with van der Waals surface area (Å²) < 4.78 is 0. The van der Waals surface area contributed by atoms with E-state index in [4.69, 9.17) is 0 Å². The molecule has 0 unspecified atom stereocenters. The largest absolute Gasteiger partial charge is 0.340 e. The molecule has 2 rings (SSSR count). The molecule has 0 heterocycles. The predicted octanol–water partition coefficient (Wildman–Crippen LogP) is 2.09. The molecule has 0 bridgehead atoms. The molecule has 0 aliphatic carbocycles. The molecule has 2 aromatic carbocycles. The molecule has 0 radical (unpaired) electrons. The van der Waals surface area contributed by atoms with Gasteiger partial charge in [-0.2, -0.15) is 0 Å². The third-order valence-electron chi connectivity index (χ3n) is 5.07. The van der Waals surface area contributed by atoms with Gasteiger partial charge in [-0.05, 0) is 36.1 Å². The fourth-order valence-electron chi connectivity index (χ4n) is 3.14. The van der Waals surface area contributed by atoms with Crippen LogP contribution in [0.4, 0.5) is 0 Å². The maximum absolute atomic E-state index is 12.7. The van der Waals surface area contributed by atoms with Crippen molar-refractivity contribution in [3.05, 3.63) is 71.8 Å². The van der Waals surface area contributed by atoms with Crippen molar-refractivity contribution in [3.8, 4) is 0 Å². The second-order valence-electron chi connectivity index (χ2n) is 8.38. The van der Waals surface area contributed by atoms with Crippen LogP contribution in [0.2, 0.25) is 0 Å². The zero-order valence-electron chi connectivity index (χ0n) is 19.4. The normalized spacial score (nSPS) is 12.5. The van der Waals surface area contributed by atoms with Crippen molar-refractivity contribution in [3.63, 3.8) is 0 Å². The van der Waals surface area contributed by atoms with Gasteiger partial charge in [0.25, 0.3) is 11.8 Å². The Labute approximate surface area is 194 Å². The molecule has 176 valence electrons. The van der Waals surface area contributed by atoms with E-state index < -0.39 is 23.9 Å². The second kappa shape index (κ2) is 12.4. The first-order chi connectivity index (χ1) is 15.7. The Kier molecular flexibility index (Phi) is 9.60. The quantitative estimate of drug-likeness (QED) is 0.413. The first-order valence-electron chi connectivity index (χ1n) is 11.0. The van der Waals surface area contributed by atoms with E-state index >= 15 is 0 Å². The van der Waals surface area contributed by atoms with Crippen LogP contribution in [0.1, 0.15) is 48.4 Å². The summed E-state index contributed by atoms with van der Waals surface area (Å²) in [5, 5.41) is 10.7. The molecule has 0 spiro atoms. The van der Waals surface area contributed by atoms with E-state index in [1.165, 1.54) is 0 Å². The van der Waals surface area contributed by atoms with Crippen LogP contribution in [0.3, 0.4) is 0 Å². The summed E-state index contributed by atoms with van der Waals surface area (Å²) in [5.41, 5.74) is 0.913. The van der Waals surface area contributed by atoms with Gasteiger partial charge in [-0.15, -0.1) is 0 Å². The summed E-state index contributed by atoms with van der Waals surface area (Å²) in [6.07, 6.45) is 0. The first kappa shape index (κ1) is 25.6. The highest BCUT2D eigenvalue weighted by Gasteiger charge is 2.26. The molecule has 0 fully saturated rings. The van der Waals surface area contributed by atoms with Crippen LogP contribution in [-0.4, -0.2) is 42.4 Å². The van der Waals surface area contributed by atoms with Gasteiger partial charge in [0.1, 0.15) is 12.1 Å². The fraction of sp³-hybridized carbons (Fsp3) is 0.360. The zero-order valence-corrected chi connectivity index (χ0v) is 19.4. The average Bonchev–Trinajstić information content (AvgIpc) is 2.81. The highest BCUT2D eigenvalue weighted by atomic mass is 16.2. The van der Waals surface area contributed by atoms with Crippen LogP contribution in [0.5, 0.6) is 0 Å². The van der Waals surface area contributed by atoms with Crippen LogP contribution >= 0.6 is 0 Å². The van der Waals surface area contributed by atoms with Crippen molar-refractivity contribution in [2.75, 3.05) is 6.67 Å². The summed E-state index contributed by atoms with van der Waals surface area (Å²) in [6, 6.07) is 15.7. The minimum absolute atomic E-state index is 0.132. The summed E-state index contributed by atoms with van der Waals surface area (Å²) >= 11 is 0. The fourth-order valence-corrected chi connectivity index (χ4v) is 3.14. The lowest BCUT2D eigenvalue weighted by Gasteiger charge is -2.24. The highest BCUT2D eigenvalue weighted by molar-refractivity contribution is 5.98. The van der Waals surface area contributed by atoms with Gasteiger partial charge in [0.05, 0.1) is 6.67 Å². The van der Waals surface area contributed by atoms with Gasteiger partial charge in [-0.3, -0.25) is 19.2 Å². The monoisotopic (exact) mass is 452 g/mol. The molecule has 0 aromatic heterocycles. The van der Waals surface area contributed by atoms with Crippen LogP contribution in [0.25, 0.3) is 0 Å². The lowest BCUT2D eigenvalue weighted by molar-refractivity contribution is -0.125. The molecule has 2 atom stereocenters. The smallest absolute Gasteiger partial charge is 0.251 e. The number of hydrogen-bond acceptors (Lipinski definition) is 4. The molecular weight excluding hydrogens is 420 g/mol.